The van der Waals surface area contributed by atoms with Crippen molar-refractivity contribution in [1.82, 2.24) is 4.98 Å². The Hall–Kier alpha value is -2.92. The van der Waals surface area contributed by atoms with E-state index in [0.29, 0.717) is 23.6 Å². The van der Waals surface area contributed by atoms with Crippen LogP contribution in [0.1, 0.15) is 28.8 Å². The molecular weight excluding hydrogens is 340 g/mol. The number of anilines is 1. The Bertz CT molecular complexity index is 959. The summed E-state index contributed by atoms with van der Waals surface area (Å²) in [6.45, 7) is 3.28. The molecule has 5 heteroatoms. The zero-order valence-corrected chi connectivity index (χ0v) is 15.3. The summed E-state index contributed by atoms with van der Waals surface area (Å²) in [6.07, 6.45) is 3.93. The molecule has 0 aliphatic carbocycles. The second-order valence-electron chi connectivity index (χ2n) is 6.78. The fourth-order valence-electron chi connectivity index (χ4n) is 3.30. The number of pyridine rings is 1. The van der Waals surface area contributed by atoms with E-state index in [1.807, 2.05) is 49.4 Å². The lowest BCUT2D eigenvalue weighted by molar-refractivity contribution is 0.0681. The highest BCUT2D eigenvalue weighted by Gasteiger charge is 2.18. The van der Waals surface area contributed by atoms with Crippen LogP contribution in [0.3, 0.4) is 0 Å². The average molecular weight is 362 g/mol. The number of amides is 1. The zero-order valence-electron chi connectivity index (χ0n) is 15.3. The molecule has 4 rings (SSSR count). The number of hydrogen-bond acceptors (Lipinski definition) is 4. The predicted molar refractivity (Wildman–Crippen MR) is 105 cm³/mol. The summed E-state index contributed by atoms with van der Waals surface area (Å²) >= 11 is 0. The number of rotatable bonds is 5. The van der Waals surface area contributed by atoms with Crippen molar-refractivity contribution in [1.29, 1.82) is 0 Å². The molecule has 0 spiro atoms. The highest BCUT2D eigenvalue weighted by molar-refractivity contribution is 6.12. The molecule has 1 aliphatic rings. The third kappa shape index (κ3) is 3.93. The number of aryl methyl sites for hydroxylation is 1. The van der Waals surface area contributed by atoms with Gasteiger partial charge in [-0.25, -0.2) is 0 Å². The van der Waals surface area contributed by atoms with Gasteiger partial charge in [0.1, 0.15) is 12.4 Å². The SMILES string of the molecule is Cc1ccc(NC(=O)c2cccc3ncccc23)c(OCC2CCCO2)c1. The van der Waals surface area contributed by atoms with Gasteiger partial charge in [0.25, 0.3) is 5.91 Å². The van der Waals surface area contributed by atoms with Crippen LogP contribution in [-0.4, -0.2) is 30.2 Å². The fraction of sp³-hybridized carbons (Fsp3) is 0.273. The monoisotopic (exact) mass is 362 g/mol. The number of benzene rings is 2. The van der Waals surface area contributed by atoms with E-state index >= 15 is 0 Å². The third-order valence-corrected chi connectivity index (χ3v) is 4.72. The normalized spacial score (nSPS) is 16.4. The van der Waals surface area contributed by atoms with Crippen LogP contribution in [0.2, 0.25) is 0 Å². The minimum absolute atomic E-state index is 0.123. The van der Waals surface area contributed by atoms with E-state index in [4.69, 9.17) is 9.47 Å². The summed E-state index contributed by atoms with van der Waals surface area (Å²) in [4.78, 5) is 17.2. The summed E-state index contributed by atoms with van der Waals surface area (Å²) in [5.41, 5.74) is 3.12. The molecule has 2 heterocycles. The fourth-order valence-corrected chi connectivity index (χ4v) is 3.30. The van der Waals surface area contributed by atoms with Gasteiger partial charge in [0.15, 0.2) is 0 Å². The van der Waals surface area contributed by atoms with Crippen LogP contribution in [0.5, 0.6) is 5.75 Å². The molecule has 1 unspecified atom stereocenters. The van der Waals surface area contributed by atoms with Crippen molar-refractivity contribution in [3.05, 3.63) is 65.9 Å². The van der Waals surface area contributed by atoms with Crippen molar-refractivity contribution >= 4 is 22.5 Å². The second kappa shape index (κ2) is 7.76. The van der Waals surface area contributed by atoms with Crippen LogP contribution >= 0.6 is 0 Å². The number of aromatic nitrogens is 1. The Morgan fingerprint density at radius 2 is 2.19 bits per heavy atom. The molecule has 2 aromatic carbocycles. The lowest BCUT2D eigenvalue weighted by Crippen LogP contribution is -2.18. The molecule has 138 valence electrons. The lowest BCUT2D eigenvalue weighted by Gasteiger charge is -2.16. The van der Waals surface area contributed by atoms with Crippen LogP contribution in [0.25, 0.3) is 10.9 Å². The van der Waals surface area contributed by atoms with E-state index in [1.54, 1.807) is 12.3 Å². The van der Waals surface area contributed by atoms with E-state index in [0.717, 1.165) is 35.9 Å². The maximum absolute atomic E-state index is 12.9. The van der Waals surface area contributed by atoms with Crippen LogP contribution in [0.4, 0.5) is 5.69 Å². The molecule has 27 heavy (non-hydrogen) atoms. The number of fused-ring (bicyclic) bond motifs is 1. The molecule has 1 N–H and O–H groups in total. The first-order valence-corrected chi connectivity index (χ1v) is 9.21. The highest BCUT2D eigenvalue weighted by atomic mass is 16.5. The summed E-state index contributed by atoms with van der Waals surface area (Å²) in [7, 11) is 0. The molecule has 3 aromatic rings. The second-order valence-corrected chi connectivity index (χ2v) is 6.78. The van der Waals surface area contributed by atoms with E-state index in [2.05, 4.69) is 10.3 Å². The number of hydrogen-bond donors (Lipinski definition) is 1. The van der Waals surface area contributed by atoms with Gasteiger partial charge >= 0.3 is 0 Å². The average Bonchev–Trinajstić information content (AvgIpc) is 3.21. The number of carbonyl (C=O) groups excluding carboxylic acids is 1. The standard InChI is InChI=1S/C22H22N2O3/c1-15-9-10-20(21(13-15)27-14-16-5-4-12-26-16)24-22(25)18-6-2-8-19-17(18)7-3-11-23-19/h2-3,6-11,13,16H,4-5,12,14H2,1H3,(H,24,25). The number of ether oxygens (including phenoxy) is 2. The van der Waals surface area contributed by atoms with Gasteiger partial charge in [0.2, 0.25) is 0 Å². The van der Waals surface area contributed by atoms with Crippen molar-refractivity contribution < 1.29 is 14.3 Å². The van der Waals surface area contributed by atoms with Gasteiger partial charge in [-0.05, 0) is 55.7 Å². The lowest BCUT2D eigenvalue weighted by atomic mass is 10.1. The molecule has 1 amide bonds. The smallest absolute Gasteiger partial charge is 0.256 e. The highest BCUT2D eigenvalue weighted by Crippen LogP contribution is 2.28. The quantitative estimate of drug-likeness (QED) is 0.733. The molecule has 1 atom stereocenters. The van der Waals surface area contributed by atoms with Gasteiger partial charge < -0.3 is 14.8 Å². The van der Waals surface area contributed by atoms with Crippen LogP contribution in [-0.2, 0) is 4.74 Å². The topological polar surface area (TPSA) is 60.5 Å². The molecular formula is C22H22N2O3. The minimum Gasteiger partial charge on any atom is -0.489 e. The summed E-state index contributed by atoms with van der Waals surface area (Å²) in [5.74, 6) is 0.483. The molecule has 0 radical (unpaired) electrons. The van der Waals surface area contributed by atoms with Gasteiger partial charge in [-0.1, -0.05) is 18.2 Å². The number of nitrogens with zero attached hydrogens (tertiary/aromatic N) is 1. The first-order chi connectivity index (χ1) is 13.2. The van der Waals surface area contributed by atoms with Gasteiger partial charge in [-0.15, -0.1) is 0 Å². The maximum Gasteiger partial charge on any atom is 0.256 e. The Morgan fingerprint density at radius 3 is 3.04 bits per heavy atom. The summed E-state index contributed by atoms with van der Waals surface area (Å²) in [5, 5.41) is 3.81. The molecule has 1 aliphatic heterocycles. The molecule has 1 saturated heterocycles. The number of carbonyl (C=O) groups is 1. The molecule has 0 bridgehead atoms. The van der Waals surface area contributed by atoms with Crippen molar-refractivity contribution in [2.75, 3.05) is 18.5 Å². The van der Waals surface area contributed by atoms with E-state index in [9.17, 15) is 4.79 Å². The molecule has 0 saturated carbocycles. The Morgan fingerprint density at radius 1 is 1.26 bits per heavy atom. The van der Waals surface area contributed by atoms with Crippen molar-refractivity contribution in [3.63, 3.8) is 0 Å². The van der Waals surface area contributed by atoms with Gasteiger partial charge in [-0.3, -0.25) is 9.78 Å². The largest absolute Gasteiger partial charge is 0.489 e. The van der Waals surface area contributed by atoms with Gasteiger partial charge in [-0.2, -0.15) is 0 Å². The third-order valence-electron chi connectivity index (χ3n) is 4.72. The summed E-state index contributed by atoms with van der Waals surface area (Å²) in [6, 6.07) is 15.1. The van der Waals surface area contributed by atoms with Gasteiger partial charge in [0, 0.05) is 23.8 Å². The van der Waals surface area contributed by atoms with Crippen molar-refractivity contribution in [2.24, 2.45) is 0 Å². The minimum atomic E-state index is -0.181. The predicted octanol–water partition coefficient (Wildman–Crippen LogP) is 4.35. The first-order valence-electron chi connectivity index (χ1n) is 9.21. The van der Waals surface area contributed by atoms with Crippen molar-refractivity contribution in [3.8, 4) is 5.75 Å². The van der Waals surface area contributed by atoms with Crippen LogP contribution in [0, 0.1) is 6.92 Å². The first kappa shape index (κ1) is 17.5. The Labute approximate surface area is 158 Å². The molecule has 1 aromatic heterocycles. The maximum atomic E-state index is 12.9. The molecule has 5 nitrogen and oxygen atoms in total. The zero-order chi connectivity index (χ0) is 18.6. The Balaban J connectivity index is 1.56. The summed E-state index contributed by atoms with van der Waals surface area (Å²) < 4.78 is 11.6. The molecule has 1 fully saturated rings. The van der Waals surface area contributed by atoms with E-state index < -0.39 is 0 Å². The van der Waals surface area contributed by atoms with Crippen LogP contribution in [0.15, 0.2) is 54.7 Å². The van der Waals surface area contributed by atoms with E-state index in [1.165, 1.54) is 0 Å². The van der Waals surface area contributed by atoms with Crippen molar-refractivity contribution in [2.45, 2.75) is 25.9 Å². The number of nitrogens with one attached hydrogen (secondary N) is 1. The van der Waals surface area contributed by atoms with Crippen LogP contribution < -0.4 is 10.1 Å². The van der Waals surface area contributed by atoms with Gasteiger partial charge in [0.05, 0.1) is 17.3 Å². The Kier molecular flexibility index (Phi) is 5.03. The van der Waals surface area contributed by atoms with E-state index in [-0.39, 0.29) is 12.0 Å².